The number of carbonyl (C=O) groups is 1. The lowest BCUT2D eigenvalue weighted by Gasteiger charge is -2.38. The molecular weight excluding hydrogens is 596 g/mol. The summed E-state index contributed by atoms with van der Waals surface area (Å²) in [4.78, 5) is 26.7. The Morgan fingerprint density at radius 2 is 1.84 bits per heavy atom. The van der Waals surface area contributed by atoms with Crippen molar-refractivity contribution in [3.8, 4) is 28.1 Å². The Balaban J connectivity index is 1.28. The van der Waals surface area contributed by atoms with E-state index in [2.05, 4.69) is 25.3 Å². The number of aromatic hydroxyl groups is 1. The van der Waals surface area contributed by atoms with Crippen LogP contribution in [0.5, 0.6) is 5.75 Å². The van der Waals surface area contributed by atoms with E-state index in [0.717, 1.165) is 25.2 Å². The minimum atomic E-state index is -3.84. The average Bonchev–Trinajstić information content (AvgIpc) is 3.73. The number of nitrogens with zero attached hydrogens (tertiary/aromatic N) is 7. The quantitative estimate of drug-likeness (QED) is 0.263. The molecule has 4 aromatic heterocycles. The van der Waals surface area contributed by atoms with Crippen molar-refractivity contribution in [3.05, 3.63) is 66.1 Å². The fraction of sp³-hybridized carbons (Fsp3) is 0.286. The molecule has 226 valence electrons. The number of piperidine rings is 1. The number of nitrogens with one attached hydrogen (secondary N) is 1. The fourth-order valence-electron chi connectivity index (χ4n) is 6.49. The number of fused-ring (bicyclic) bond motifs is 3. The molecule has 3 atom stereocenters. The van der Waals surface area contributed by atoms with Crippen LogP contribution in [0.3, 0.4) is 0 Å². The molecule has 2 saturated heterocycles. The number of pyridine rings is 1. The van der Waals surface area contributed by atoms with Gasteiger partial charge < -0.3 is 20.7 Å². The Labute approximate surface area is 248 Å². The van der Waals surface area contributed by atoms with Gasteiger partial charge in [-0.1, -0.05) is 6.07 Å². The molecule has 2 bridgehead atoms. The molecule has 5 aromatic rings. The molecule has 0 saturated carbocycles. The van der Waals surface area contributed by atoms with Crippen LogP contribution in [-0.4, -0.2) is 77.4 Å². The molecule has 0 spiro atoms. The zero-order valence-corrected chi connectivity index (χ0v) is 24.0. The second-order valence-electron chi connectivity index (χ2n) is 11.1. The zero-order chi connectivity index (χ0) is 30.9. The number of hydrogen-bond donors (Lipinski definition) is 3. The molecule has 2 unspecified atom stereocenters. The average molecular weight is 622 g/mol. The van der Waals surface area contributed by atoms with E-state index in [4.69, 9.17) is 10.7 Å². The van der Waals surface area contributed by atoms with Gasteiger partial charge >= 0.3 is 0 Å². The molecule has 2 fully saturated rings. The topological polar surface area (TPSA) is 185 Å². The first-order valence-electron chi connectivity index (χ1n) is 13.7. The summed E-state index contributed by atoms with van der Waals surface area (Å²) in [6, 6.07) is 4.37. The van der Waals surface area contributed by atoms with E-state index in [1.807, 2.05) is 0 Å². The van der Waals surface area contributed by atoms with E-state index in [9.17, 15) is 27.1 Å². The number of H-pyrrole nitrogens is 1. The molecule has 13 nitrogen and oxygen atoms in total. The number of aromatic nitrogens is 7. The van der Waals surface area contributed by atoms with Crippen LogP contribution in [0.2, 0.25) is 0 Å². The molecule has 16 heteroatoms. The van der Waals surface area contributed by atoms with Gasteiger partial charge in [0, 0.05) is 53.2 Å². The lowest BCUT2D eigenvalue weighted by atomic mass is 9.87. The van der Waals surface area contributed by atoms with Gasteiger partial charge in [0.2, 0.25) is 5.82 Å². The van der Waals surface area contributed by atoms with Crippen molar-refractivity contribution in [1.29, 1.82) is 0 Å². The number of sulfone groups is 1. The summed E-state index contributed by atoms with van der Waals surface area (Å²) in [7, 11) is -3.84. The van der Waals surface area contributed by atoms with E-state index < -0.39 is 27.2 Å². The molecular formula is C28H25F2N9O4S. The summed E-state index contributed by atoms with van der Waals surface area (Å²) in [6.45, 7) is 0. The zero-order valence-electron chi connectivity index (χ0n) is 23.1. The summed E-state index contributed by atoms with van der Waals surface area (Å²) >= 11 is 0. The first-order chi connectivity index (χ1) is 21.0. The predicted octanol–water partition coefficient (Wildman–Crippen LogP) is 3.10. The van der Waals surface area contributed by atoms with Crippen molar-refractivity contribution in [2.24, 2.45) is 0 Å². The van der Waals surface area contributed by atoms with Crippen LogP contribution in [0.1, 0.15) is 47.9 Å². The van der Waals surface area contributed by atoms with Gasteiger partial charge in [-0.2, -0.15) is 9.61 Å². The normalized spacial score (nSPS) is 20.0. The van der Waals surface area contributed by atoms with Crippen LogP contribution >= 0.6 is 0 Å². The van der Waals surface area contributed by atoms with E-state index in [-0.39, 0.29) is 51.7 Å². The number of nitrogens with two attached hydrogens (primary N) is 1. The summed E-state index contributed by atoms with van der Waals surface area (Å²) in [5.41, 5.74) is 8.10. The van der Waals surface area contributed by atoms with Gasteiger partial charge in [-0.05, 0) is 37.8 Å². The number of halogens is 2. The molecule has 7 rings (SSSR count). The molecule has 6 heterocycles. The SMILES string of the molecule is CS(=O)(=O)c1c(C2CC3CC[C@H](C2)N3C(=O)c2nnc[nH]2)nc2c(-c3ccc(-c4cc(F)c(O)cc4F)nc3)cnn2c1N. The second kappa shape index (κ2) is 10.0. The summed E-state index contributed by atoms with van der Waals surface area (Å²) in [6.07, 6.45) is 7.82. The van der Waals surface area contributed by atoms with Crippen LogP contribution in [0.4, 0.5) is 14.6 Å². The monoisotopic (exact) mass is 621 g/mol. The smallest absolute Gasteiger partial charge is 0.292 e. The summed E-state index contributed by atoms with van der Waals surface area (Å²) in [5, 5.41) is 21.3. The molecule has 2 aliphatic heterocycles. The maximum atomic E-state index is 14.4. The first kappa shape index (κ1) is 27.8. The Bertz CT molecular complexity index is 2040. The molecule has 0 aliphatic carbocycles. The highest BCUT2D eigenvalue weighted by atomic mass is 32.2. The number of benzene rings is 1. The van der Waals surface area contributed by atoms with Gasteiger partial charge in [0.25, 0.3) is 5.91 Å². The minimum Gasteiger partial charge on any atom is -0.505 e. The van der Waals surface area contributed by atoms with E-state index in [1.165, 1.54) is 29.3 Å². The maximum absolute atomic E-state index is 14.4. The first-order valence-corrected chi connectivity index (χ1v) is 15.6. The number of phenols is 1. The van der Waals surface area contributed by atoms with Crippen molar-refractivity contribution in [2.45, 2.75) is 48.6 Å². The van der Waals surface area contributed by atoms with Crippen molar-refractivity contribution in [3.63, 3.8) is 0 Å². The minimum absolute atomic E-state index is 0.0857. The molecule has 1 amide bonds. The highest BCUT2D eigenvalue weighted by molar-refractivity contribution is 7.91. The Hall–Kier alpha value is -4.99. The Morgan fingerprint density at radius 1 is 1.09 bits per heavy atom. The van der Waals surface area contributed by atoms with Gasteiger partial charge in [-0.25, -0.2) is 22.2 Å². The van der Waals surface area contributed by atoms with Gasteiger partial charge in [-0.3, -0.25) is 9.78 Å². The van der Waals surface area contributed by atoms with E-state index in [1.54, 1.807) is 11.0 Å². The van der Waals surface area contributed by atoms with Crippen LogP contribution < -0.4 is 5.73 Å². The molecule has 4 N–H and O–H groups in total. The second-order valence-corrected chi connectivity index (χ2v) is 13.0. The van der Waals surface area contributed by atoms with Crippen LogP contribution in [0, 0.1) is 11.6 Å². The van der Waals surface area contributed by atoms with Crippen molar-refractivity contribution in [2.75, 3.05) is 12.0 Å². The third-order valence-corrected chi connectivity index (χ3v) is 9.55. The van der Waals surface area contributed by atoms with Crippen molar-refractivity contribution in [1.82, 2.24) is 39.7 Å². The molecule has 44 heavy (non-hydrogen) atoms. The Morgan fingerprint density at radius 3 is 2.48 bits per heavy atom. The van der Waals surface area contributed by atoms with Crippen molar-refractivity contribution < 1.29 is 27.1 Å². The van der Waals surface area contributed by atoms with Crippen molar-refractivity contribution >= 4 is 27.2 Å². The van der Waals surface area contributed by atoms with Crippen LogP contribution in [0.15, 0.2) is 47.9 Å². The summed E-state index contributed by atoms with van der Waals surface area (Å²) in [5.74, 6) is -3.11. The van der Waals surface area contributed by atoms with Gasteiger partial charge in [0.1, 0.15) is 22.9 Å². The van der Waals surface area contributed by atoms with E-state index >= 15 is 0 Å². The number of anilines is 1. The number of phenolic OH excluding ortho intramolecular Hbond substituents is 1. The standard InChI is InChI=1S/C28H25F2N9O4S/c1-44(42,43)24-23(14-6-15-3-4-16(7-14)38(15)28(41)26-33-12-34-37-26)36-27-18(11-35-39(27)25(24)31)13-2-5-21(32-10-13)17-8-20(30)22(40)9-19(17)29/h2,5,8-12,14-16,40H,3-4,6-7,31H2,1H3,(H,33,34,37)/t14?,15-,16?/m1/s1. The maximum Gasteiger partial charge on any atom is 0.292 e. The third-order valence-electron chi connectivity index (χ3n) is 8.39. The predicted molar refractivity (Wildman–Crippen MR) is 152 cm³/mol. The molecule has 2 aliphatic rings. The number of carbonyl (C=O) groups excluding carboxylic acids is 1. The van der Waals surface area contributed by atoms with Crippen LogP contribution in [0.25, 0.3) is 28.0 Å². The largest absolute Gasteiger partial charge is 0.505 e. The number of amides is 1. The van der Waals surface area contributed by atoms with Gasteiger partial charge in [-0.15, -0.1) is 10.2 Å². The molecule has 0 radical (unpaired) electrons. The van der Waals surface area contributed by atoms with E-state index in [0.29, 0.717) is 41.4 Å². The summed E-state index contributed by atoms with van der Waals surface area (Å²) < 4.78 is 55.7. The lowest BCUT2D eigenvalue weighted by molar-refractivity contribution is 0.0556. The number of aromatic amines is 1. The fourth-order valence-corrected chi connectivity index (χ4v) is 7.55. The van der Waals surface area contributed by atoms with Gasteiger partial charge in [0.05, 0.1) is 17.6 Å². The third kappa shape index (κ3) is 4.44. The number of nitrogen functional groups attached to an aromatic ring is 1. The number of hydrogen-bond acceptors (Lipinski definition) is 10. The highest BCUT2D eigenvalue weighted by Crippen LogP contribution is 2.45. The highest BCUT2D eigenvalue weighted by Gasteiger charge is 2.46. The Kier molecular flexibility index (Phi) is 6.35. The lowest BCUT2D eigenvalue weighted by Crippen LogP contribution is -2.46. The van der Waals surface area contributed by atoms with Gasteiger partial charge in [0.15, 0.2) is 27.1 Å². The number of rotatable bonds is 5. The molecule has 1 aromatic carbocycles. The van der Waals surface area contributed by atoms with Crippen LogP contribution in [-0.2, 0) is 9.84 Å².